The van der Waals surface area contributed by atoms with Gasteiger partial charge in [-0.1, -0.05) is 36.7 Å². The van der Waals surface area contributed by atoms with Gasteiger partial charge in [0.1, 0.15) is 5.50 Å². The molecule has 0 bridgehead atoms. The number of nitrogens with zero attached hydrogens (tertiary/aromatic N) is 2. The molecule has 0 aromatic heterocycles. The highest BCUT2D eigenvalue weighted by atomic mass is 35.5. The molecule has 1 aromatic rings. The van der Waals surface area contributed by atoms with Crippen LogP contribution < -0.4 is 5.32 Å². The molecule has 1 heterocycles. The molecule has 182 valence electrons. The SMILES string of the molecule is CCCS(=O)(=O)N1CCN(C2(C(Cl)NC(=O)c3ccccc3)CCC(F)(F)CC2)CC1.Cl. The highest BCUT2D eigenvalue weighted by Crippen LogP contribution is 2.44. The molecular weight excluding hydrogens is 483 g/mol. The monoisotopic (exact) mass is 513 g/mol. The lowest BCUT2D eigenvalue weighted by Crippen LogP contribution is -2.66. The third-order valence-electron chi connectivity index (χ3n) is 6.34. The van der Waals surface area contributed by atoms with Crippen molar-refractivity contribution in [2.75, 3.05) is 31.9 Å². The summed E-state index contributed by atoms with van der Waals surface area (Å²) in [7, 11) is -3.32. The molecule has 1 unspecified atom stereocenters. The van der Waals surface area contributed by atoms with Gasteiger partial charge in [-0.25, -0.2) is 17.2 Å². The Kier molecular flexibility index (Phi) is 9.32. The van der Waals surface area contributed by atoms with E-state index in [-0.39, 0.29) is 62.8 Å². The maximum Gasteiger partial charge on any atom is 0.252 e. The van der Waals surface area contributed by atoms with E-state index in [4.69, 9.17) is 11.6 Å². The highest BCUT2D eigenvalue weighted by Gasteiger charge is 2.51. The topological polar surface area (TPSA) is 69.7 Å². The first-order chi connectivity index (χ1) is 14.6. The summed E-state index contributed by atoms with van der Waals surface area (Å²) in [5.41, 5.74) is -1.29. The summed E-state index contributed by atoms with van der Waals surface area (Å²) in [5.74, 6) is -3.02. The standard InChI is InChI=1S/C21H30ClF2N3O3S.ClH/c1-2-16-31(29,30)27-14-12-26(13-15-27)20(8-10-21(23,24)11-9-20)19(22)25-18(28)17-6-4-3-5-7-17;/h3-7,19H,2,8-16H2,1H3,(H,25,28);1H. The van der Waals surface area contributed by atoms with Gasteiger partial charge >= 0.3 is 0 Å². The zero-order chi connectivity index (χ0) is 22.7. The molecule has 2 aliphatic rings. The number of benzene rings is 1. The number of piperazine rings is 1. The molecule has 32 heavy (non-hydrogen) atoms. The van der Waals surface area contributed by atoms with Gasteiger partial charge in [0.25, 0.3) is 5.91 Å². The predicted octanol–water partition coefficient (Wildman–Crippen LogP) is 3.71. The van der Waals surface area contributed by atoms with E-state index in [0.717, 1.165) is 0 Å². The molecule has 1 aliphatic carbocycles. The van der Waals surface area contributed by atoms with Crippen molar-refractivity contribution in [1.82, 2.24) is 14.5 Å². The van der Waals surface area contributed by atoms with E-state index in [9.17, 15) is 22.0 Å². The molecule has 0 spiro atoms. The van der Waals surface area contributed by atoms with Gasteiger partial charge in [-0.3, -0.25) is 9.69 Å². The lowest BCUT2D eigenvalue weighted by molar-refractivity contribution is -0.0893. The second-order valence-corrected chi connectivity index (χ2v) is 10.9. The molecule has 3 rings (SSSR count). The molecule has 11 heteroatoms. The smallest absolute Gasteiger partial charge is 0.252 e. The van der Waals surface area contributed by atoms with E-state index in [2.05, 4.69) is 5.32 Å². The second-order valence-electron chi connectivity index (χ2n) is 8.36. The zero-order valence-corrected chi connectivity index (χ0v) is 20.5. The zero-order valence-electron chi connectivity index (χ0n) is 18.1. The number of sulfonamides is 1. The summed E-state index contributed by atoms with van der Waals surface area (Å²) in [6.45, 7) is 3.17. The van der Waals surface area contributed by atoms with Crippen molar-refractivity contribution in [3.05, 3.63) is 35.9 Å². The molecule has 1 aliphatic heterocycles. The quantitative estimate of drug-likeness (QED) is 0.445. The lowest BCUT2D eigenvalue weighted by atomic mass is 9.77. The Balaban J connectivity index is 0.00000363. The van der Waals surface area contributed by atoms with Crippen LogP contribution in [0.3, 0.4) is 0 Å². The normalized spacial score (nSPS) is 22.5. The van der Waals surface area contributed by atoms with Gasteiger partial charge in [-0.05, 0) is 31.4 Å². The van der Waals surface area contributed by atoms with Crippen LogP contribution in [-0.2, 0) is 10.0 Å². The second kappa shape index (κ2) is 11.0. The van der Waals surface area contributed by atoms with Crippen LogP contribution in [0.4, 0.5) is 8.78 Å². The van der Waals surface area contributed by atoms with E-state index >= 15 is 0 Å². The van der Waals surface area contributed by atoms with Crippen LogP contribution in [-0.4, -0.2) is 72.4 Å². The Hall–Kier alpha value is -1.00. The summed E-state index contributed by atoms with van der Waals surface area (Å²) in [6.07, 6.45) is 0.171. The van der Waals surface area contributed by atoms with E-state index in [1.165, 1.54) is 4.31 Å². The minimum absolute atomic E-state index is 0. The minimum Gasteiger partial charge on any atom is -0.334 e. The first-order valence-corrected chi connectivity index (χ1v) is 12.7. The number of amides is 1. The van der Waals surface area contributed by atoms with Gasteiger partial charge in [0.05, 0.1) is 11.3 Å². The molecule has 1 amide bonds. The third-order valence-corrected chi connectivity index (χ3v) is 8.93. The summed E-state index contributed by atoms with van der Waals surface area (Å²) < 4.78 is 54.2. The van der Waals surface area contributed by atoms with Crippen molar-refractivity contribution in [3.63, 3.8) is 0 Å². The predicted molar refractivity (Wildman–Crippen MR) is 124 cm³/mol. The Morgan fingerprint density at radius 3 is 2.19 bits per heavy atom. The fraction of sp³-hybridized carbons (Fsp3) is 0.667. The highest BCUT2D eigenvalue weighted by molar-refractivity contribution is 7.89. The van der Waals surface area contributed by atoms with Crippen molar-refractivity contribution in [3.8, 4) is 0 Å². The first-order valence-electron chi connectivity index (χ1n) is 10.7. The number of carbonyl (C=O) groups excluding carboxylic acids is 1. The number of carbonyl (C=O) groups is 1. The summed E-state index contributed by atoms with van der Waals surface area (Å²) in [6, 6.07) is 8.61. The van der Waals surface area contributed by atoms with E-state index < -0.39 is 27.0 Å². The number of rotatable bonds is 7. The van der Waals surface area contributed by atoms with Gasteiger partial charge in [-0.15, -0.1) is 12.4 Å². The first kappa shape index (κ1) is 27.2. The summed E-state index contributed by atoms with van der Waals surface area (Å²) >= 11 is 6.71. The van der Waals surface area contributed by atoms with Crippen LogP contribution in [0, 0.1) is 0 Å². The molecule has 2 fully saturated rings. The summed E-state index contributed by atoms with van der Waals surface area (Å²) in [5, 5.41) is 2.80. The van der Waals surface area contributed by atoms with Gasteiger partial charge in [0.2, 0.25) is 15.9 Å². The molecule has 6 nitrogen and oxygen atoms in total. The fourth-order valence-corrected chi connectivity index (χ4v) is 6.45. The van der Waals surface area contributed by atoms with Crippen LogP contribution in [0.15, 0.2) is 30.3 Å². The van der Waals surface area contributed by atoms with Crippen molar-refractivity contribution >= 4 is 39.9 Å². The van der Waals surface area contributed by atoms with Gasteiger partial charge in [0.15, 0.2) is 0 Å². The number of hydrogen-bond acceptors (Lipinski definition) is 4. The molecule has 1 saturated carbocycles. The maximum atomic E-state index is 14.0. The van der Waals surface area contributed by atoms with Crippen molar-refractivity contribution in [1.29, 1.82) is 0 Å². The Morgan fingerprint density at radius 2 is 1.66 bits per heavy atom. The maximum absolute atomic E-state index is 14.0. The number of hydrogen-bond donors (Lipinski definition) is 1. The number of nitrogens with one attached hydrogen (secondary N) is 1. The lowest BCUT2D eigenvalue weighted by Gasteiger charge is -2.52. The minimum atomic E-state index is -3.32. The van der Waals surface area contributed by atoms with E-state index in [1.54, 1.807) is 30.3 Å². The third kappa shape index (κ3) is 6.11. The van der Waals surface area contributed by atoms with Gasteiger partial charge < -0.3 is 5.32 Å². The molecule has 0 radical (unpaired) electrons. The van der Waals surface area contributed by atoms with Gasteiger partial charge in [0, 0.05) is 44.6 Å². The Bertz CT molecular complexity index is 856. The molecule has 1 N–H and O–H groups in total. The van der Waals surface area contributed by atoms with Crippen molar-refractivity contribution in [2.45, 2.75) is 56.0 Å². The average Bonchev–Trinajstić information content (AvgIpc) is 2.74. The fourth-order valence-electron chi connectivity index (χ4n) is 4.50. The largest absolute Gasteiger partial charge is 0.334 e. The van der Waals surface area contributed by atoms with Crippen LogP contribution in [0.1, 0.15) is 49.4 Å². The Morgan fingerprint density at radius 1 is 1.09 bits per heavy atom. The van der Waals surface area contributed by atoms with Crippen LogP contribution >= 0.6 is 24.0 Å². The number of alkyl halides is 3. The van der Waals surface area contributed by atoms with Crippen LogP contribution in [0.2, 0.25) is 0 Å². The average molecular weight is 514 g/mol. The molecule has 1 saturated heterocycles. The van der Waals surface area contributed by atoms with Crippen LogP contribution in [0.25, 0.3) is 0 Å². The van der Waals surface area contributed by atoms with Crippen molar-refractivity contribution in [2.24, 2.45) is 0 Å². The molecule has 1 aromatic carbocycles. The van der Waals surface area contributed by atoms with Gasteiger partial charge in [-0.2, -0.15) is 4.31 Å². The Labute approximate surface area is 200 Å². The molecule has 1 atom stereocenters. The van der Waals surface area contributed by atoms with Crippen molar-refractivity contribution < 1.29 is 22.0 Å². The summed E-state index contributed by atoms with van der Waals surface area (Å²) in [4.78, 5) is 14.7. The van der Waals surface area contributed by atoms with E-state index in [0.29, 0.717) is 25.1 Å². The number of halogens is 4. The molecular formula is C21H31Cl2F2N3O3S. The van der Waals surface area contributed by atoms with E-state index in [1.807, 2.05) is 11.8 Å². The van der Waals surface area contributed by atoms with Crippen LogP contribution in [0.5, 0.6) is 0 Å².